The molecule has 3 N–H and O–H groups in total. The first-order chi connectivity index (χ1) is 19.1. The molecule has 0 radical (unpaired) electrons. The van der Waals surface area contributed by atoms with Gasteiger partial charge in [0.05, 0.1) is 17.9 Å². The summed E-state index contributed by atoms with van der Waals surface area (Å²) in [4.78, 5) is 13.8. The Morgan fingerprint density at radius 3 is 2.77 bits per heavy atom. The van der Waals surface area contributed by atoms with Gasteiger partial charge in [-0.1, -0.05) is 11.8 Å². The molecule has 2 aromatic carbocycles. The van der Waals surface area contributed by atoms with E-state index in [2.05, 4.69) is 49.6 Å². The van der Waals surface area contributed by atoms with Crippen LogP contribution >= 0.6 is 11.8 Å². The lowest BCUT2D eigenvalue weighted by Gasteiger charge is -2.22. The van der Waals surface area contributed by atoms with E-state index in [1.54, 1.807) is 30.1 Å². The third-order valence-electron chi connectivity index (χ3n) is 6.63. The first-order valence-corrected chi connectivity index (χ1v) is 14.2. The first-order valence-electron chi connectivity index (χ1n) is 13.2. The van der Waals surface area contributed by atoms with Crippen LogP contribution in [-0.2, 0) is 12.2 Å². The minimum absolute atomic E-state index is 0.135. The molecule has 1 aliphatic heterocycles. The van der Waals surface area contributed by atoms with E-state index in [9.17, 15) is 9.18 Å². The number of amides is 1. The number of aryl methyl sites for hydroxylation is 1. The van der Waals surface area contributed by atoms with Crippen molar-refractivity contribution in [2.24, 2.45) is 0 Å². The lowest BCUT2D eigenvalue weighted by Crippen LogP contribution is -2.29. The highest BCUT2D eigenvalue weighted by Crippen LogP contribution is 2.27. The van der Waals surface area contributed by atoms with Crippen LogP contribution in [-0.4, -0.2) is 45.5 Å². The number of aromatic amines is 1. The number of hydrogen-bond donors (Lipinski definition) is 3. The van der Waals surface area contributed by atoms with Crippen LogP contribution in [0.5, 0.6) is 0 Å². The van der Waals surface area contributed by atoms with Gasteiger partial charge in [0.1, 0.15) is 5.82 Å². The van der Waals surface area contributed by atoms with Crippen LogP contribution in [0.25, 0.3) is 0 Å². The number of thioether (sulfide) groups is 1. The summed E-state index contributed by atoms with van der Waals surface area (Å²) in [5, 5.41) is 18.0. The Morgan fingerprint density at radius 2 is 1.97 bits per heavy atom. The Hall–Kier alpha value is -3.87. The van der Waals surface area contributed by atoms with Crippen LogP contribution in [0.4, 0.5) is 4.39 Å². The maximum Gasteiger partial charge on any atom is 0.251 e. The van der Waals surface area contributed by atoms with E-state index in [-0.39, 0.29) is 11.7 Å². The van der Waals surface area contributed by atoms with Gasteiger partial charge in [-0.3, -0.25) is 14.6 Å². The zero-order valence-electron chi connectivity index (χ0n) is 21.6. The number of nitrogens with zero attached hydrogens (tertiary/aromatic N) is 3. The fourth-order valence-corrected chi connectivity index (χ4v) is 5.35. The number of rotatable bonds is 9. The van der Waals surface area contributed by atoms with Crippen molar-refractivity contribution in [3.8, 4) is 11.8 Å². The predicted molar refractivity (Wildman–Crippen MR) is 151 cm³/mol. The molecule has 39 heavy (non-hydrogen) atoms. The van der Waals surface area contributed by atoms with Crippen LogP contribution < -0.4 is 10.6 Å². The quantitative estimate of drug-likeness (QED) is 0.162. The summed E-state index contributed by atoms with van der Waals surface area (Å²) in [6, 6.07) is 14.2. The van der Waals surface area contributed by atoms with Crippen LogP contribution in [0.2, 0.25) is 0 Å². The van der Waals surface area contributed by atoms with Crippen molar-refractivity contribution in [3.05, 3.63) is 101 Å². The van der Waals surface area contributed by atoms with Gasteiger partial charge in [-0.2, -0.15) is 10.2 Å². The number of benzene rings is 2. The Bertz CT molecular complexity index is 1430. The van der Waals surface area contributed by atoms with E-state index in [1.165, 1.54) is 12.1 Å². The summed E-state index contributed by atoms with van der Waals surface area (Å²) < 4.78 is 15.4. The van der Waals surface area contributed by atoms with Gasteiger partial charge in [-0.25, -0.2) is 4.39 Å². The molecule has 0 atom stereocenters. The third-order valence-corrected chi connectivity index (χ3v) is 7.74. The van der Waals surface area contributed by atoms with E-state index in [1.807, 2.05) is 24.4 Å². The zero-order chi connectivity index (χ0) is 26.9. The van der Waals surface area contributed by atoms with Crippen molar-refractivity contribution in [2.75, 3.05) is 19.6 Å². The normalized spacial score (nSPS) is 13.6. The fraction of sp³-hybridized carbons (Fsp3) is 0.300. The molecule has 3 heterocycles. The number of hydrogen-bond acceptors (Lipinski definition) is 5. The van der Waals surface area contributed by atoms with Crippen LogP contribution in [0.15, 0.2) is 72.0 Å². The minimum Gasteiger partial charge on any atom is -0.352 e. The summed E-state index contributed by atoms with van der Waals surface area (Å²) in [6.45, 7) is 2.61. The van der Waals surface area contributed by atoms with Gasteiger partial charge in [0, 0.05) is 46.3 Å². The maximum absolute atomic E-state index is 13.3. The SMILES string of the molecule is O=C(NCCCc1cn[nH]c1)c1ccc(SCc2ccn(C3CCNCC3)n2)c(C#Cc2ccc(F)cc2)c1. The van der Waals surface area contributed by atoms with Gasteiger partial charge in [0.2, 0.25) is 0 Å². The van der Waals surface area contributed by atoms with E-state index < -0.39 is 0 Å². The van der Waals surface area contributed by atoms with E-state index in [0.29, 0.717) is 29.5 Å². The van der Waals surface area contributed by atoms with E-state index in [0.717, 1.165) is 60.5 Å². The van der Waals surface area contributed by atoms with Gasteiger partial charge in [0.15, 0.2) is 0 Å². The predicted octanol–water partition coefficient (Wildman–Crippen LogP) is 4.72. The largest absolute Gasteiger partial charge is 0.352 e. The number of H-pyrrole nitrogens is 1. The molecule has 7 nitrogen and oxygen atoms in total. The molecule has 5 rings (SSSR count). The number of halogens is 1. The molecule has 0 spiro atoms. The molecule has 0 bridgehead atoms. The van der Waals surface area contributed by atoms with Gasteiger partial charge >= 0.3 is 0 Å². The summed E-state index contributed by atoms with van der Waals surface area (Å²) >= 11 is 1.65. The molecule has 1 amide bonds. The van der Waals surface area contributed by atoms with Gasteiger partial charge in [-0.05, 0) is 92.9 Å². The molecule has 2 aromatic heterocycles. The Morgan fingerprint density at radius 1 is 1.13 bits per heavy atom. The number of aromatic nitrogens is 4. The van der Waals surface area contributed by atoms with Gasteiger partial charge in [-0.15, -0.1) is 11.8 Å². The lowest BCUT2D eigenvalue weighted by atomic mass is 10.1. The second-order valence-corrected chi connectivity index (χ2v) is 10.5. The molecule has 1 fully saturated rings. The lowest BCUT2D eigenvalue weighted by molar-refractivity contribution is 0.0953. The molecule has 0 aliphatic carbocycles. The Kier molecular flexibility index (Phi) is 9.09. The molecule has 200 valence electrons. The number of nitrogens with one attached hydrogen (secondary N) is 3. The van der Waals surface area contributed by atoms with Crippen LogP contribution in [0, 0.1) is 17.7 Å². The fourth-order valence-electron chi connectivity index (χ4n) is 4.46. The van der Waals surface area contributed by atoms with E-state index in [4.69, 9.17) is 5.10 Å². The second-order valence-electron chi connectivity index (χ2n) is 9.49. The van der Waals surface area contributed by atoms with Crippen LogP contribution in [0.3, 0.4) is 0 Å². The number of carbonyl (C=O) groups is 1. The summed E-state index contributed by atoms with van der Waals surface area (Å²) in [5.74, 6) is 6.58. The first kappa shape index (κ1) is 26.7. The zero-order valence-corrected chi connectivity index (χ0v) is 22.4. The monoisotopic (exact) mass is 542 g/mol. The van der Waals surface area contributed by atoms with Crippen molar-refractivity contribution in [2.45, 2.75) is 42.4 Å². The third kappa shape index (κ3) is 7.59. The summed E-state index contributed by atoms with van der Waals surface area (Å²) in [7, 11) is 0. The van der Waals surface area contributed by atoms with E-state index >= 15 is 0 Å². The van der Waals surface area contributed by atoms with Gasteiger partial charge < -0.3 is 10.6 Å². The average Bonchev–Trinajstić information content (AvgIpc) is 3.67. The minimum atomic E-state index is -0.299. The highest BCUT2D eigenvalue weighted by molar-refractivity contribution is 7.98. The topological polar surface area (TPSA) is 87.6 Å². The average molecular weight is 543 g/mol. The van der Waals surface area contributed by atoms with Crippen LogP contribution in [0.1, 0.15) is 58.0 Å². The van der Waals surface area contributed by atoms with Crippen molar-refractivity contribution < 1.29 is 9.18 Å². The number of piperidine rings is 1. The molecular weight excluding hydrogens is 511 g/mol. The molecular formula is C30H31FN6OS. The Balaban J connectivity index is 1.27. The number of carbonyl (C=O) groups excluding carboxylic acids is 1. The highest BCUT2D eigenvalue weighted by Gasteiger charge is 2.16. The molecule has 0 saturated carbocycles. The molecule has 9 heteroatoms. The molecule has 1 saturated heterocycles. The smallest absolute Gasteiger partial charge is 0.251 e. The molecule has 4 aromatic rings. The van der Waals surface area contributed by atoms with Gasteiger partial charge in [0.25, 0.3) is 5.91 Å². The van der Waals surface area contributed by atoms with Crippen molar-refractivity contribution in [1.29, 1.82) is 0 Å². The molecule has 0 unspecified atom stereocenters. The summed E-state index contributed by atoms with van der Waals surface area (Å²) in [5.41, 5.74) is 4.15. The summed E-state index contributed by atoms with van der Waals surface area (Å²) in [6.07, 6.45) is 9.56. The van der Waals surface area contributed by atoms with Crippen molar-refractivity contribution in [1.82, 2.24) is 30.6 Å². The van der Waals surface area contributed by atoms with Crippen molar-refractivity contribution >= 4 is 17.7 Å². The highest BCUT2D eigenvalue weighted by atomic mass is 32.2. The standard InChI is InChI=1S/C30H31FN6OS/c31-26-8-4-22(5-9-26)3-6-24-18-25(30(38)33-14-1-2-23-19-34-35-20-23)7-10-29(24)39-21-27-13-17-37(36-27)28-11-15-32-16-12-28/h4-5,7-10,13,17-20,28,32H,1-2,11-12,14-16,21H2,(H,33,38)(H,34,35). The second kappa shape index (κ2) is 13.3. The maximum atomic E-state index is 13.3. The van der Waals surface area contributed by atoms with Crippen molar-refractivity contribution in [3.63, 3.8) is 0 Å². The Labute approximate surface area is 232 Å². The molecule has 1 aliphatic rings.